The van der Waals surface area contributed by atoms with Gasteiger partial charge in [-0.2, -0.15) is 11.8 Å². The molecule has 1 aliphatic rings. The van der Waals surface area contributed by atoms with Crippen molar-refractivity contribution in [3.63, 3.8) is 0 Å². The van der Waals surface area contributed by atoms with Crippen LogP contribution in [0.3, 0.4) is 0 Å². The van der Waals surface area contributed by atoms with E-state index in [1.165, 1.54) is 13.3 Å². The van der Waals surface area contributed by atoms with Crippen LogP contribution in [0.1, 0.15) is 23.7 Å². The first-order chi connectivity index (χ1) is 13.5. The number of pyridine rings is 1. The molecule has 150 valence electrons. The Morgan fingerprint density at radius 1 is 1.32 bits per heavy atom. The number of hydrogen-bond acceptors (Lipinski definition) is 7. The number of esters is 1. The van der Waals surface area contributed by atoms with E-state index in [1.54, 1.807) is 28.5 Å². The quantitative estimate of drug-likeness (QED) is 0.700. The van der Waals surface area contributed by atoms with Gasteiger partial charge in [-0.15, -0.1) is 0 Å². The van der Waals surface area contributed by atoms with Gasteiger partial charge < -0.3 is 24.1 Å². The summed E-state index contributed by atoms with van der Waals surface area (Å²) in [5.74, 6) is 0.553. The summed E-state index contributed by atoms with van der Waals surface area (Å²) in [6.07, 6.45) is 3.82. The highest BCUT2D eigenvalue weighted by Crippen LogP contribution is 2.35. The summed E-state index contributed by atoms with van der Waals surface area (Å²) in [6.45, 7) is 2.55. The molecule has 1 N–H and O–H groups in total. The molecule has 0 saturated heterocycles. The van der Waals surface area contributed by atoms with E-state index in [2.05, 4.69) is 5.32 Å². The number of carbonyl (C=O) groups is 2. The predicted octanol–water partition coefficient (Wildman–Crippen LogP) is 1.77. The van der Waals surface area contributed by atoms with Crippen molar-refractivity contribution in [1.29, 1.82) is 0 Å². The van der Waals surface area contributed by atoms with Crippen molar-refractivity contribution in [1.82, 2.24) is 9.88 Å². The van der Waals surface area contributed by atoms with Crippen molar-refractivity contribution in [3.8, 4) is 11.5 Å². The summed E-state index contributed by atoms with van der Waals surface area (Å²) >= 11 is 1.55. The molecule has 0 saturated carbocycles. The Labute approximate surface area is 166 Å². The SMILES string of the molecule is CCn1cc(C(=O)NC(CCSC)C(=O)OC)c(=O)c2cc3c(cc21)OCO3. The van der Waals surface area contributed by atoms with Crippen LogP contribution in [0.4, 0.5) is 0 Å². The second kappa shape index (κ2) is 8.55. The maximum absolute atomic E-state index is 13.0. The van der Waals surface area contributed by atoms with Gasteiger partial charge in [0, 0.05) is 18.8 Å². The van der Waals surface area contributed by atoms with Crippen LogP contribution in [0.5, 0.6) is 11.5 Å². The van der Waals surface area contributed by atoms with Crippen LogP contribution in [0, 0.1) is 0 Å². The Morgan fingerprint density at radius 2 is 2.04 bits per heavy atom. The number of thioether (sulfide) groups is 1. The number of benzene rings is 1. The van der Waals surface area contributed by atoms with Crippen LogP contribution < -0.4 is 20.2 Å². The van der Waals surface area contributed by atoms with Crippen LogP contribution in [-0.2, 0) is 16.1 Å². The number of rotatable bonds is 7. The summed E-state index contributed by atoms with van der Waals surface area (Å²) in [5, 5.41) is 2.99. The average molecular weight is 406 g/mol. The van der Waals surface area contributed by atoms with Crippen LogP contribution >= 0.6 is 11.8 Å². The van der Waals surface area contributed by atoms with Crippen LogP contribution in [0.25, 0.3) is 10.9 Å². The highest BCUT2D eigenvalue weighted by atomic mass is 32.2. The van der Waals surface area contributed by atoms with Gasteiger partial charge in [0.1, 0.15) is 11.6 Å². The third-order valence-electron chi connectivity index (χ3n) is 4.56. The normalized spacial score (nSPS) is 13.4. The number of fused-ring (bicyclic) bond motifs is 2. The fraction of sp³-hybridized carbons (Fsp3) is 0.421. The largest absolute Gasteiger partial charge is 0.467 e. The molecule has 1 unspecified atom stereocenters. The standard InChI is InChI=1S/C19H22N2O6S/c1-4-21-9-12(18(23)20-13(5-6-28-3)19(24)25-2)17(22)11-7-15-16(8-14(11)21)27-10-26-15/h7-9,13H,4-6,10H2,1-3H3,(H,20,23). The molecule has 28 heavy (non-hydrogen) atoms. The zero-order valence-corrected chi connectivity index (χ0v) is 16.8. The molecular weight excluding hydrogens is 384 g/mol. The lowest BCUT2D eigenvalue weighted by atomic mass is 10.1. The fourth-order valence-electron chi connectivity index (χ4n) is 3.07. The molecule has 0 fully saturated rings. The van der Waals surface area contributed by atoms with Crippen molar-refractivity contribution in [3.05, 3.63) is 34.1 Å². The summed E-state index contributed by atoms with van der Waals surface area (Å²) in [7, 11) is 1.27. The topological polar surface area (TPSA) is 95.9 Å². The smallest absolute Gasteiger partial charge is 0.328 e. The van der Waals surface area contributed by atoms with Crippen LogP contribution in [0.15, 0.2) is 23.1 Å². The Balaban J connectivity index is 2.01. The highest BCUT2D eigenvalue weighted by Gasteiger charge is 2.25. The first-order valence-electron chi connectivity index (χ1n) is 8.84. The van der Waals surface area contributed by atoms with Gasteiger partial charge >= 0.3 is 5.97 Å². The minimum Gasteiger partial charge on any atom is -0.467 e. The number of carbonyl (C=O) groups excluding carboxylic acids is 2. The van der Waals surface area contributed by atoms with Gasteiger partial charge in [-0.25, -0.2) is 4.79 Å². The number of ether oxygens (including phenoxy) is 3. The molecule has 9 heteroatoms. The van der Waals surface area contributed by atoms with Crippen molar-refractivity contribution in [2.75, 3.05) is 25.9 Å². The second-order valence-electron chi connectivity index (χ2n) is 6.21. The fourth-order valence-corrected chi connectivity index (χ4v) is 3.54. The Morgan fingerprint density at radius 3 is 2.68 bits per heavy atom. The van der Waals surface area contributed by atoms with Gasteiger partial charge in [-0.05, 0) is 31.4 Å². The first-order valence-corrected chi connectivity index (χ1v) is 10.2. The number of hydrogen-bond donors (Lipinski definition) is 1. The van der Waals surface area contributed by atoms with E-state index in [0.717, 1.165) is 0 Å². The van der Waals surface area contributed by atoms with Crippen molar-refractivity contribution in [2.24, 2.45) is 0 Å². The Kier molecular flexibility index (Phi) is 6.13. The number of aryl methyl sites for hydroxylation is 1. The number of amides is 1. The summed E-state index contributed by atoms with van der Waals surface area (Å²) in [5.41, 5.74) is 0.190. The molecule has 0 radical (unpaired) electrons. The minimum atomic E-state index is -0.813. The van der Waals surface area contributed by atoms with Gasteiger partial charge in [-0.1, -0.05) is 0 Å². The van der Waals surface area contributed by atoms with Crippen molar-refractivity contribution >= 4 is 34.5 Å². The lowest BCUT2D eigenvalue weighted by Gasteiger charge is -2.17. The molecule has 3 rings (SSSR count). The molecular formula is C19H22N2O6S. The molecule has 0 spiro atoms. The molecule has 0 bridgehead atoms. The van der Waals surface area contributed by atoms with Gasteiger partial charge in [0.05, 0.1) is 18.0 Å². The van der Waals surface area contributed by atoms with Crippen molar-refractivity contribution < 1.29 is 23.8 Å². The third kappa shape index (κ3) is 3.80. The minimum absolute atomic E-state index is 0.0359. The van der Waals surface area contributed by atoms with E-state index >= 15 is 0 Å². The molecule has 1 amide bonds. The maximum Gasteiger partial charge on any atom is 0.328 e. The molecule has 2 aromatic rings. The molecule has 1 aliphatic heterocycles. The Bertz CT molecular complexity index is 971. The maximum atomic E-state index is 13.0. The van der Waals surface area contributed by atoms with Crippen LogP contribution in [0.2, 0.25) is 0 Å². The predicted molar refractivity (Wildman–Crippen MR) is 106 cm³/mol. The second-order valence-corrected chi connectivity index (χ2v) is 7.20. The van der Waals surface area contributed by atoms with Crippen LogP contribution in [-0.4, -0.2) is 48.4 Å². The molecule has 0 aliphatic carbocycles. The van der Waals surface area contributed by atoms with E-state index in [4.69, 9.17) is 14.2 Å². The van der Waals surface area contributed by atoms with Gasteiger partial charge in [0.2, 0.25) is 12.2 Å². The summed E-state index contributed by atoms with van der Waals surface area (Å²) < 4.78 is 17.3. The lowest BCUT2D eigenvalue weighted by Crippen LogP contribution is -2.43. The number of nitrogens with one attached hydrogen (secondary N) is 1. The first kappa shape index (κ1) is 20.1. The molecule has 1 aromatic heterocycles. The van der Waals surface area contributed by atoms with Gasteiger partial charge in [-0.3, -0.25) is 9.59 Å². The lowest BCUT2D eigenvalue weighted by molar-refractivity contribution is -0.142. The van der Waals surface area contributed by atoms with E-state index in [-0.39, 0.29) is 12.4 Å². The van der Waals surface area contributed by atoms with Gasteiger partial charge in [0.25, 0.3) is 5.91 Å². The Hall–Kier alpha value is -2.68. The zero-order chi connectivity index (χ0) is 20.3. The summed E-state index contributed by atoms with van der Waals surface area (Å²) in [4.78, 5) is 37.8. The molecule has 2 heterocycles. The number of aromatic nitrogens is 1. The van der Waals surface area contributed by atoms with E-state index in [1.807, 2.05) is 13.2 Å². The average Bonchev–Trinajstić information content (AvgIpc) is 3.17. The number of nitrogens with zero attached hydrogens (tertiary/aromatic N) is 1. The monoisotopic (exact) mass is 406 g/mol. The van der Waals surface area contributed by atoms with Gasteiger partial charge in [0.15, 0.2) is 11.5 Å². The molecule has 1 atom stereocenters. The zero-order valence-electron chi connectivity index (χ0n) is 15.9. The van der Waals surface area contributed by atoms with Crippen molar-refractivity contribution in [2.45, 2.75) is 25.9 Å². The number of methoxy groups -OCH3 is 1. The van der Waals surface area contributed by atoms with E-state index in [0.29, 0.717) is 41.1 Å². The molecule has 8 nitrogen and oxygen atoms in total. The van der Waals surface area contributed by atoms with E-state index < -0.39 is 23.3 Å². The molecule has 1 aromatic carbocycles. The third-order valence-corrected chi connectivity index (χ3v) is 5.21. The van der Waals surface area contributed by atoms with E-state index in [9.17, 15) is 14.4 Å². The summed E-state index contributed by atoms with van der Waals surface area (Å²) in [6, 6.07) is 2.51. The highest BCUT2D eigenvalue weighted by molar-refractivity contribution is 7.98.